The van der Waals surface area contributed by atoms with Gasteiger partial charge in [-0.1, -0.05) is 84.0 Å². The highest BCUT2D eigenvalue weighted by Crippen LogP contribution is 2.11. The number of rotatable bonds is 19. The summed E-state index contributed by atoms with van der Waals surface area (Å²) in [6.45, 7) is 4.44. The molecule has 0 fully saturated rings. The Kier molecular flexibility index (Phi) is 25.0. The molecule has 0 heterocycles. The highest BCUT2D eigenvalue weighted by atomic mass is 79.9. The van der Waals surface area contributed by atoms with Gasteiger partial charge in [0.15, 0.2) is 0 Å². The second-order valence-electron chi connectivity index (χ2n) is 6.84. The summed E-state index contributed by atoms with van der Waals surface area (Å²) in [5, 5.41) is 12.0. The van der Waals surface area contributed by atoms with Crippen molar-refractivity contribution in [1.82, 2.24) is 5.32 Å². The van der Waals surface area contributed by atoms with Crippen molar-refractivity contribution < 1.29 is 9.90 Å². The highest BCUT2D eigenvalue weighted by molar-refractivity contribution is 8.93. The molecule has 0 aliphatic heterocycles. The molecular weight excluding hydrogens is 366 g/mol. The number of carbonyl (C=O) groups is 1. The fourth-order valence-corrected chi connectivity index (χ4v) is 2.92. The maximum absolute atomic E-state index is 10.4. The van der Waals surface area contributed by atoms with E-state index in [0.29, 0.717) is 6.42 Å². The molecule has 0 bridgehead atoms. The zero-order chi connectivity index (χ0) is 17.0. The summed E-state index contributed by atoms with van der Waals surface area (Å²) in [6, 6.07) is 0. The van der Waals surface area contributed by atoms with Gasteiger partial charge in [-0.05, 0) is 32.4 Å². The lowest BCUT2D eigenvalue weighted by atomic mass is 10.1. The Morgan fingerprint density at radius 1 is 0.667 bits per heavy atom. The number of halogens is 1. The van der Waals surface area contributed by atoms with Crippen molar-refractivity contribution in [1.29, 1.82) is 0 Å². The minimum Gasteiger partial charge on any atom is -0.481 e. The first-order chi connectivity index (χ1) is 11.3. The standard InChI is InChI=1S/C20H41NO2.BrH/c1-2-3-4-5-6-7-8-9-10-11-12-15-18-21-19-16-13-14-17-20(22)23;/h21H,2-19H2,1H3,(H,22,23);1H. The van der Waals surface area contributed by atoms with E-state index in [1.54, 1.807) is 0 Å². The lowest BCUT2D eigenvalue weighted by Crippen LogP contribution is -2.16. The normalized spacial score (nSPS) is 10.5. The number of hydrogen-bond donors (Lipinski definition) is 2. The van der Waals surface area contributed by atoms with Crippen LogP contribution in [0.1, 0.15) is 110 Å². The Bertz CT molecular complexity index is 250. The lowest BCUT2D eigenvalue weighted by molar-refractivity contribution is -0.137. The largest absolute Gasteiger partial charge is 0.481 e. The van der Waals surface area contributed by atoms with Gasteiger partial charge in [-0.3, -0.25) is 4.79 Å². The number of nitrogens with one attached hydrogen (secondary N) is 1. The Labute approximate surface area is 161 Å². The molecular formula is C20H42BrNO2. The van der Waals surface area contributed by atoms with Crippen molar-refractivity contribution >= 4 is 23.0 Å². The van der Waals surface area contributed by atoms with Crippen LogP contribution in [0.2, 0.25) is 0 Å². The fourth-order valence-electron chi connectivity index (χ4n) is 2.92. The van der Waals surface area contributed by atoms with E-state index in [-0.39, 0.29) is 17.0 Å². The van der Waals surface area contributed by atoms with E-state index in [4.69, 9.17) is 5.11 Å². The summed E-state index contributed by atoms with van der Waals surface area (Å²) in [6.07, 6.45) is 20.1. The van der Waals surface area contributed by atoms with Crippen LogP contribution in [0.5, 0.6) is 0 Å². The van der Waals surface area contributed by atoms with Gasteiger partial charge >= 0.3 is 5.97 Å². The molecule has 0 saturated carbocycles. The van der Waals surface area contributed by atoms with Crippen molar-refractivity contribution in [2.24, 2.45) is 0 Å². The minimum absolute atomic E-state index is 0. The van der Waals surface area contributed by atoms with E-state index in [0.717, 1.165) is 32.4 Å². The molecule has 3 nitrogen and oxygen atoms in total. The molecule has 0 amide bonds. The molecule has 0 rings (SSSR count). The number of aliphatic carboxylic acids is 1. The van der Waals surface area contributed by atoms with E-state index in [2.05, 4.69) is 12.2 Å². The molecule has 4 heteroatoms. The van der Waals surface area contributed by atoms with Crippen LogP contribution < -0.4 is 5.32 Å². The van der Waals surface area contributed by atoms with Crippen LogP contribution >= 0.6 is 17.0 Å². The molecule has 0 saturated heterocycles. The SMILES string of the molecule is Br.CCCCCCCCCCCCCCNCCCCCC(=O)O. The number of unbranched alkanes of at least 4 members (excludes halogenated alkanes) is 13. The summed E-state index contributed by atoms with van der Waals surface area (Å²) in [7, 11) is 0. The van der Waals surface area contributed by atoms with E-state index in [9.17, 15) is 4.79 Å². The Hall–Kier alpha value is -0.0900. The van der Waals surface area contributed by atoms with Gasteiger partial charge in [-0.15, -0.1) is 17.0 Å². The van der Waals surface area contributed by atoms with Crippen LogP contribution in [-0.4, -0.2) is 24.2 Å². The molecule has 0 aliphatic rings. The third-order valence-electron chi connectivity index (χ3n) is 4.45. The average molecular weight is 408 g/mol. The van der Waals surface area contributed by atoms with E-state index >= 15 is 0 Å². The molecule has 146 valence electrons. The van der Waals surface area contributed by atoms with Gasteiger partial charge in [-0.25, -0.2) is 0 Å². The summed E-state index contributed by atoms with van der Waals surface area (Å²) in [4.78, 5) is 10.4. The van der Waals surface area contributed by atoms with E-state index in [1.165, 1.54) is 77.0 Å². The van der Waals surface area contributed by atoms with Crippen LogP contribution in [0, 0.1) is 0 Å². The maximum atomic E-state index is 10.4. The molecule has 0 radical (unpaired) electrons. The predicted molar refractivity (Wildman–Crippen MR) is 110 cm³/mol. The molecule has 0 spiro atoms. The van der Waals surface area contributed by atoms with Crippen LogP contribution in [0.25, 0.3) is 0 Å². The van der Waals surface area contributed by atoms with Gasteiger partial charge in [0.2, 0.25) is 0 Å². The maximum Gasteiger partial charge on any atom is 0.303 e. The molecule has 0 aromatic heterocycles. The predicted octanol–water partition coefficient (Wildman–Crippen LogP) is 6.50. The van der Waals surface area contributed by atoms with E-state index in [1.807, 2.05) is 0 Å². The van der Waals surface area contributed by atoms with Crippen LogP contribution in [0.4, 0.5) is 0 Å². The molecule has 2 N–H and O–H groups in total. The Morgan fingerprint density at radius 2 is 1.04 bits per heavy atom. The number of hydrogen-bond acceptors (Lipinski definition) is 2. The fraction of sp³-hybridized carbons (Fsp3) is 0.950. The third-order valence-corrected chi connectivity index (χ3v) is 4.45. The lowest BCUT2D eigenvalue weighted by Gasteiger charge is -2.05. The molecule has 0 atom stereocenters. The smallest absolute Gasteiger partial charge is 0.303 e. The van der Waals surface area contributed by atoms with Crippen molar-refractivity contribution in [3.8, 4) is 0 Å². The summed E-state index contributed by atoms with van der Waals surface area (Å²) >= 11 is 0. The minimum atomic E-state index is -0.672. The molecule has 0 aromatic carbocycles. The Morgan fingerprint density at radius 3 is 1.46 bits per heavy atom. The van der Waals surface area contributed by atoms with Crippen LogP contribution in [-0.2, 0) is 4.79 Å². The zero-order valence-corrected chi connectivity index (χ0v) is 17.7. The summed E-state index contributed by atoms with van der Waals surface area (Å²) in [5.74, 6) is -0.672. The third kappa shape index (κ3) is 24.2. The molecule has 0 aromatic rings. The van der Waals surface area contributed by atoms with Crippen molar-refractivity contribution in [3.05, 3.63) is 0 Å². The Balaban J connectivity index is 0. The van der Waals surface area contributed by atoms with Gasteiger partial charge in [0, 0.05) is 6.42 Å². The van der Waals surface area contributed by atoms with Crippen molar-refractivity contribution in [3.63, 3.8) is 0 Å². The van der Waals surface area contributed by atoms with Crippen LogP contribution in [0.3, 0.4) is 0 Å². The summed E-state index contributed by atoms with van der Waals surface area (Å²) < 4.78 is 0. The van der Waals surface area contributed by atoms with Gasteiger partial charge in [0.05, 0.1) is 0 Å². The first-order valence-electron chi connectivity index (χ1n) is 10.2. The van der Waals surface area contributed by atoms with Crippen LogP contribution in [0.15, 0.2) is 0 Å². The van der Waals surface area contributed by atoms with Crippen molar-refractivity contribution in [2.75, 3.05) is 13.1 Å². The van der Waals surface area contributed by atoms with Gasteiger partial charge < -0.3 is 10.4 Å². The molecule has 24 heavy (non-hydrogen) atoms. The first-order valence-corrected chi connectivity index (χ1v) is 10.2. The topological polar surface area (TPSA) is 49.3 Å². The summed E-state index contributed by atoms with van der Waals surface area (Å²) in [5.41, 5.74) is 0. The quantitative estimate of drug-likeness (QED) is 0.240. The molecule has 0 unspecified atom stereocenters. The second-order valence-corrected chi connectivity index (χ2v) is 6.84. The van der Waals surface area contributed by atoms with Gasteiger partial charge in [0.25, 0.3) is 0 Å². The zero-order valence-electron chi connectivity index (χ0n) is 16.0. The number of carboxylic acid groups (broad SMARTS) is 1. The highest BCUT2D eigenvalue weighted by Gasteiger charge is 1.96. The van der Waals surface area contributed by atoms with Crippen molar-refractivity contribution in [2.45, 2.75) is 110 Å². The molecule has 0 aliphatic carbocycles. The average Bonchev–Trinajstić information content (AvgIpc) is 2.53. The number of carboxylic acids is 1. The first kappa shape index (κ1) is 26.1. The second kappa shape index (κ2) is 22.9. The van der Waals surface area contributed by atoms with Gasteiger partial charge in [-0.2, -0.15) is 0 Å². The van der Waals surface area contributed by atoms with E-state index < -0.39 is 5.97 Å². The monoisotopic (exact) mass is 407 g/mol. The van der Waals surface area contributed by atoms with Gasteiger partial charge in [0.1, 0.15) is 0 Å².